The summed E-state index contributed by atoms with van der Waals surface area (Å²) in [5, 5.41) is 9.54. The lowest BCUT2D eigenvalue weighted by molar-refractivity contribution is 0.0555. The van der Waals surface area contributed by atoms with Crippen molar-refractivity contribution in [1.29, 1.82) is 5.26 Å². The molecule has 0 spiro atoms. The highest BCUT2D eigenvalue weighted by atomic mass is 16.5. The first-order valence-corrected chi connectivity index (χ1v) is 8.64. The van der Waals surface area contributed by atoms with E-state index in [0.717, 1.165) is 32.1 Å². The Kier molecular flexibility index (Phi) is 7.30. The topological polar surface area (TPSA) is 134 Å². The first-order valence-electron chi connectivity index (χ1n) is 8.64. The third-order valence-corrected chi connectivity index (χ3v) is 4.25. The highest BCUT2D eigenvalue weighted by Crippen LogP contribution is 2.24. The van der Waals surface area contributed by atoms with E-state index in [1.807, 2.05) is 6.07 Å². The van der Waals surface area contributed by atoms with E-state index in [4.69, 9.17) is 14.2 Å². The quantitative estimate of drug-likeness (QED) is 0.522. The monoisotopic (exact) mass is 426 g/mol. The highest BCUT2D eigenvalue weighted by molar-refractivity contribution is 6.06. The Bertz CT molecular complexity index is 1120. The van der Waals surface area contributed by atoms with Crippen molar-refractivity contribution in [3.63, 3.8) is 0 Å². The van der Waals surface area contributed by atoms with Gasteiger partial charge in [-0.3, -0.25) is 0 Å². The number of rotatable bonds is 5. The van der Waals surface area contributed by atoms with Crippen LogP contribution in [0.1, 0.15) is 47.9 Å². The van der Waals surface area contributed by atoms with E-state index >= 15 is 0 Å². The van der Waals surface area contributed by atoms with Gasteiger partial charge in [-0.25, -0.2) is 23.7 Å². The molecule has 1 aromatic heterocycles. The van der Waals surface area contributed by atoms with E-state index in [1.165, 1.54) is 37.5 Å². The molecule has 0 aliphatic heterocycles. The van der Waals surface area contributed by atoms with Gasteiger partial charge in [0.05, 0.1) is 45.1 Å². The molecule has 0 saturated heterocycles. The van der Waals surface area contributed by atoms with E-state index in [-0.39, 0.29) is 33.5 Å². The van der Waals surface area contributed by atoms with Gasteiger partial charge in [0.25, 0.3) is 0 Å². The van der Waals surface area contributed by atoms with Gasteiger partial charge in [-0.2, -0.15) is 5.26 Å². The van der Waals surface area contributed by atoms with Crippen LogP contribution >= 0.6 is 0 Å². The smallest absolute Gasteiger partial charge is 0.418 e. The van der Waals surface area contributed by atoms with Crippen LogP contribution in [-0.2, 0) is 18.9 Å². The molecule has 1 heterocycles. The molecular formula is C21H18N2O8. The van der Waals surface area contributed by atoms with Crippen molar-refractivity contribution in [3.8, 4) is 6.07 Å². The normalized spacial score (nSPS) is 10.3. The Balaban J connectivity index is 2.73. The van der Waals surface area contributed by atoms with Crippen LogP contribution in [0.25, 0.3) is 12.2 Å². The lowest BCUT2D eigenvalue weighted by atomic mass is 9.99. The maximum absolute atomic E-state index is 12.3. The summed E-state index contributed by atoms with van der Waals surface area (Å²) in [4.78, 5) is 48.5. The molecule has 31 heavy (non-hydrogen) atoms. The molecule has 0 bridgehead atoms. The molecule has 1 aromatic carbocycles. The summed E-state index contributed by atoms with van der Waals surface area (Å²) < 4.78 is 19.7. The zero-order valence-electron chi connectivity index (χ0n) is 17.1. The van der Waals surface area contributed by atoms with Crippen molar-refractivity contribution in [3.05, 3.63) is 57.9 Å². The van der Waals surface area contributed by atoms with Crippen molar-refractivity contribution >= 4 is 36.2 Å². The van der Waals surface area contributed by atoms with Crippen molar-refractivity contribution in [2.24, 2.45) is 0 Å². The fraction of sp³-hybridized carbons (Fsp3) is 0.190. The summed E-state index contributed by atoms with van der Waals surface area (Å²) in [5.74, 6) is -2.34. The largest absolute Gasteiger partial charge is 0.465 e. The number of aromatic nitrogens is 1. The minimum atomic E-state index is -0.885. The summed E-state index contributed by atoms with van der Waals surface area (Å²) in [5.41, 5.74) is -0.0630. The van der Waals surface area contributed by atoms with Crippen molar-refractivity contribution in [1.82, 2.24) is 4.57 Å². The Morgan fingerprint density at radius 1 is 0.871 bits per heavy atom. The molecule has 10 nitrogen and oxygen atoms in total. The van der Waals surface area contributed by atoms with Crippen molar-refractivity contribution in [2.45, 2.75) is 0 Å². The fourth-order valence-corrected chi connectivity index (χ4v) is 2.81. The molecule has 0 aliphatic carbocycles. The number of esters is 3. The molecule has 160 valence electrons. The van der Waals surface area contributed by atoms with Gasteiger partial charge in [-0.15, -0.1) is 0 Å². The highest BCUT2D eigenvalue weighted by Gasteiger charge is 2.24. The average molecular weight is 426 g/mol. The third kappa shape index (κ3) is 4.45. The molecule has 0 N–H and O–H groups in total. The number of methoxy groups -OCH3 is 4. The molecule has 0 radical (unpaired) electrons. The van der Waals surface area contributed by atoms with Crippen LogP contribution in [0.2, 0.25) is 0 Å². The minimum Gasteiger partial charge on any atom is -0.465 e. The number of benzene rings is 1. The molecule has 0 amide bonds. The number of nitrogens with zero attached hydrogens (tertiary/aromatic N) is 2. The van der Waals surface area contributed by atoms with Gasteiger partial charge in [0.2, 0.25) is 0 Å². The summed E-state index contributed by atoms with van der Waals surface area (Å²) in [6.45, 7) is 0. The molecule has 0 atom stereocenters. The van der Waals surface area contributed by atoms with Crippen molar-refractivity contribution in [2.75, 3.05) is 28.4 Å². The predicted molar refractivity (Wildman–Crippen MR) is 106 cm³/mol. The van der Waals surface area contributed by atoms with E-state index in [2.05, 4.69) is 4.74 Å². The standard InChI is InChI=1S/C21H18N2O8/c1-28-18(24)14-7-5-6-12(17(14)20(26)30-3)8-9-13-15(19(25)29-2)11-23(16(13)10-22)21(27)31-4/h5-9,11H,1-4H3/b9-8-. The molecule has 0 fully saturated rings. The fourth-order valence-electron chi connectivity index (χ4n) is 2.81. The Morgan fingerprint density at radius 2 is 1.48 bits per heavy atom. The van der Waals surface area contributed by atoms with Gasteiger partial charge in [0.15, 0.2) is 0 Å². The summed E-state index contributed by atoms with van der Waals surface area (Å²) >= 11 is 0. The van der Waals surface area contributed by atoms with Crippen LogP contribution in [0.4, 0.5) is 4.79 Å². The van der Waals surface area contributed by atoms with Gasteiger partial charge in [0.1, 0.15) is 11.8 Å². The minimum absolute atomic E-state index is 0.0303. The number of hydrogen-bond donors (Lipinski definition) is 0. The maximum Gasteiger partial charge on any atom is 0.418 e. The SMILES string of the molecule is COC(=O)c1cn(C(=O)OC)c(C#N)c1/C=C\c1cccc(C(=O)OC)c1C(=O)OC. The average Bonchev–Trinajstić information content (AvgIpc) is 3.18. The second-order valence-corrected chi connectivity index (χ2v) is 5.83. The van der Waals surface area contributed by atoms with E-state index < -0.39 is 24.0 Å². The first-order chi connectivity index (χ1) is 14.8. The van der Waals surface area contributed by atoms with Gasteiger partial charge in [0, 0.05) is 11.8 Å². The maximum atomic E-state index is 12.3. The Labute approximate surface area is 177 Å². The lowest BCUT2D eigenvalue weighted by Gasteiger charge is -2.09. The first kappa shape index (κ1) is 22.9. The Morgan fingerprint density at radius 3 is 2.03 bits per heavy atom. The van der Waals surface area contributed by atoms with E-state index in [9.17, 15) is 24.4 Å². The van der Waals surface area contributed by atoms with Crippen LogP contribution in [0.15, 0.2) is 24.4 Å². The number of hydrogen-bond acceptors (Lipinski definition) is 9. The molecule has 10 heteroatoms. The lowest BCUT2D eigenvalue weighted by Crippen LogP contribution is -2.13. The second kappa shape index (κ2) is 9.89. The van der Waals surface area contributed by atoms with Crippen LogP contribution in [0, 0.1) is 11.3 Å². The number of ether oxygens (including phenoxy) is 4. The van der Waals surface area contributed by atoms with Crippen LogP contribution < -0.4 is 0 Å². The zero-order valence-corrected chi connectivity index (χ0v) is 17.1. The number of nitriles is 1. The van der Waals surface area contributed by atoms with E-state index in [0.29, 0.717) is 0 Å². The zero-order chi connectivity index (χ0) is 23.1. The molecule has 0 unspecified atom stereocenters. The molecular weight excluding hydrogens is 408 g/mol. The summed E-state index contributed by atoms with van der Waals surface area (Å²) in [7, 11) is 4.59. The van der Waals surface area contributed by atoms with Gasteiger partial charge in [-0.05, 0) is 11.6 Å². The number of carbonyl (C=O) groups is 4. The predicted octanol–water partition coefficient (Wildman–Crippen LogP) is 2.50. The van der Waals surface area contributed by atoms with Crippen LogP contribution in [0.5, 0.6) is 0 Å². The van der Waals surface area contributed by atoms with Crippen LogP contribution in [-0.4, -0.2) is 57.0 Å². The number of carbonyl (C=O) groups excluding carboxylic acids is 4. The molecule has 2 aromatic rings. The Hall–Kier alpha value is -4.39. The molecule has 0 aliphatic rings. The van der Waals surface area contributed by atoms with Gasteiger partial charge < -0.3 is 18.9 Å². The van der Waals surface area contributed by atoms with Gasteiger partial charge >= 0.3 is 24.0 Å². The van der Waals surface area contributed by atoms with E-state index in [1.54, 1.807) is 0 Å². The second-order valence-electron chi connectivity index (χ2n) is 5.83. The third-order valence-electron chi connectivity index (χ3n) is 4.25. The van der Waals surface area contributed by atoms with Crippen molar-refractivity contribution < 1.29 is 38.1 Å². The molecule has 2 rings (SSSR count). The summed E-state index contributed by atoms with van der Waals surface area (Å²) in [6, 6.07) is 6.27. The molecule has 0 saturated carbocycles. The summed E-state index contributed by atoms with van der Waals surface area (Å²) in [6.07, 6.45) is 2.96. The van der Waals surface area contributed by atoms with Crippen LogP contribution in [0.3, 0.4) is 0 Å². The van der Waals surface area contributed by atoms with Gasteiger partial charge in [-0.1, -0.05) is 24.3 Å².